The largest absolute Gasteiger partial charge is 0.376 e. The molecule has 2 heterocycles. The number of hydrogen-bond acceptors (Lipinski definition) is 6. The molecule has 9 heteroatoms. The van der Waals surface area contributed by atoms with E-state index in [1.54, 1.807) is 6.07 Å². The molecule has 2 aromatic rings. The normalized spacial score (nSPS) is 28.5. The van der Waals surface area contributed by atoms with E-state index in [9.17, 15) is 13.2 Å². The number of para-hydroxylation sites is 1. The van der Waals surface area contributed by atoms with Crippen LogP contribution in [0, 0.1) is 5.92 Å². The topological polar surface area (TPSA) is 111 Å². The summed E-state index contributed by atoms with van der Waals surface area (Å²) in [6.07, 6.45) is 1.82. The van der Waals surface area contributed by atoms with Gasteiger partial charge in [-0.1, -0.05) is 17.3 Å². The second-order valence-electron chi connectivity index (χ2n) is 6.60. The van der Waals surface area contributed by atoms with Gasteiger partial charge >= 0.3 is 0 Å². The van der Waals surface area contributed by atoms with E-state index in [1.165, 1.54) is 0 Å². The lowest BCUT2D eigenvalue weighted by molar-refractivity contribution is -0.124. The van der Waals surface area contributed by atoms with Crippen LogP contribution >= 0.6 is 0 Å². The van der Waals surface area contributed by atoms with E-state index in [4.69, 9.17) is 9.26 Å². The van der Waals surface area contributed by atoms with Crippen LogP contribution in [0.3, 0.4) is 0 Å². The van der Waals surface area contributed by atoms with Crippen molar-refractivity contribution in [1.29, 1.82) is 0 Å². The first kappa shape index (κ1) is 16.5. The smallest absolute Gasteiger partial charge is 0.226 e. The van der Waals surface area contributed by atoms with Gasteiger partial charge in [0, 0.05) is 17.9 Å². The number of carbonyl (C=O) groups excluding carboxylic acids is 1. The van der Waals surface area contributed by atoms with Crippen LogP contribution in [-0.2, 0) is 26.0 Å². The van der Waals surface area contributed by atoms with Crippen LogP contribution in [0.4, 0.5) is 0 Å². The molecule has 1 aliphatic carbocycles. The van der Waals surface area contributed by atoms with Gasteiger partial charge in [-0.15, -0.1) is 0 Å². The summed E-state index contributed by atoms with van der Waals surface area (Å²) in [5.41, 5.74) is 1.20. The van der Waals surface area contributed by atoms with Crippen molar-refractivity contribution >= 4 is 26.9 Å². The number of ether oxygens (including phenoxy) is 1. The van der Waals surface area contributed by atoms with Crippen LogP contribution in [0.5, 0.6) is 0 Å². The lowest BCUT2D eigenvalue weighted by Gasteiger charge is -2.47. The van der Waals surface area contributed by atoms with Crippen molar-refractivity contribution in [3.05, 3.63) is 30.0 Å². The first-order chi connectivity index (χ1) is 11.9. The first-order valence-corrected chi connectivity index (χ1v) is 10.0. The Hall–Kier alpha value is -1.97. The van der Waals surface area contributed by atoms with Crippen LogP contribution in [0.2, 0.25) is 0 Å². The van der Waals surface area contributed by atoms with Gasteiger partial charge in [-0.2, -0.15) is 0 Å². The van der Waals surface area contributed by atoms with E-state index in [-0.39, 0.29) is 30.4 Å². The molecular weight excluding hydrogens is 346 g/mol. The number of nitrogens with zero attached hydrogens (tertiary/aromatic N) is 1. The molecule has 0 bridgehead atoms. The number of sulfonamides is 1. The average molecular weight is 365 g/mol. The fourth-order valence-corrected chi connectivity index (χ4v) is 4.52. The number of aromatic nitrogens is 1. The summed E-state index contributed by atoms with van der Waals surface area (Å²) in [5, 5.41) is 7.70. The fraction of sp³-hybridized carbons (Fsp3) is 0.500. The second-order valence-corrected chi connectivity index (χ2v) is 8.38. The molecule has 8 nitrogen and oxygen atoms in total. The molecule has 1 saturated heterocycles. The summed E-state index contributed by atoms with van der Waals surface area (Å²) >= 11 is 0. The highest BCUT2D eigenvalue weighted by Gasteiger charge is 2.55. The number of carbonyl (C=O) groups is 1. The van der Waals surface area contributed by atoms with E-state index in [1.807, 2.05) is 18.2 Å². The molecule has 2 fully saturated rings. The molecule has 1 amide bonds. The number of hydrogen-bond donors (Lipinski definition) is 2. The van der Waals surface area contributed by atoms with Gasteiger partial charge < -0.3 is 14.6 Å². The molecule has 0 radical (unpaired) electrons. The number of fused-ring (bicyclic) bond motifs is 2. The molecule has 1 aliphatic heterocycles. The Bertz CT molecular complexity index is 909. The van der Waals surface area contributed by atoms with Crippen LogP contribution in [0.1, 0.15) is 12.1 Å². The van der Waals surface area contributed by atoms with Crippen molar-refractivity contribution < 1.29 is 22.5 Å². The highest BCUT2D eigenvalue weighted by Crippen LogP contribution is 2.39. The van der Waals surface area contributed by atoms with Gasteiger partial charge in [0.15, 0.2) is 5.58 Å². The minimum absolute atomic E-state index is 0.0807. The predicted molar refractivity (Wildman–Crippen MR) is 89.3 cm³/mol. The molecule has 1 aromatic carbocycles. The Balaban J connectivity index is 1.46. The van der Waals surface area contributed by atoms with Crippen molar-refractivity contribution in [3.8, 4) is 0 Å². The SMILES string of the molecule is CS(=O)(=O)N[C@H]1[C@H](NC(=O)Cc2noc3ccccc23)[C@@H]2CCO[C@@H]21. The Morgan fingerprint density at radius 1 is 1.32 bits per heavy atom. The zero-order chi connectivity index (χ0) is 17.6. The van der Waals surface area contributed by atoms with E-state index in [0.29, 0.717) is 17.9 Å². The van der Waals surface area contributed by atoms with Crippen molar-refractivity contribution in [2.45, 2.75) is 31.0 Å². The van der Waals surface area contributed by atoms with E-state index < -0.39 is 16.1 Å². The minimum atomic E-state index is -3.38. The summed E-state index contributed by atoms with van der Waals surface area (Å²) in [7, 11) is -3.38. The molecule has 134 valence electrons. The fourth-order valence-electron chi connectivity index (χ4n) is 3.75. The minimum Gasteiger partial charge on any atom is -0.376 e. The Labute approximate surface area is 144 Å². The third kappa shape index (κ3) is 3.14. The van der Waals surface area contributed by atoms with Crippen LogP contribution in [0.25, 0.3) is 11.0 Å². The maximum atomic E-state index is 12.4. The predicted octanol–water partition coefficient (Wildman–Crippen LogP) is 0.192. The molecule has 25 heavy (non-hydrogen) atoms. The van der Waals surface area contributed by atoms with Crippen LogP contribution < -0.4 is 10.0 Å². The number of amides is 1. The van der Waals surface area contributed by atoms with Crippen LogP contribution in [0.15, 0.2) is 28.8 Å². The zero-order valence-corrected chi connectivity index (χ0v) is 14.5. The second kappa shape index (κ2) is 6.08. The number of rotatable bonds is 5. The van der Waals surface area contributed by atoms with Crippen molar-refractivity contribution in [1.82, 2.24) is 15.2 Å². The highest BCUT2D eigenvalue weighted by molar-refractivity contribution is 7.88. The summed E-state index contributed by atoms with van der Waals surface area (Å²) < 4.78 is 36.5. The van der Waals surface area contributed by atoms with Gasteiger partial charge in [-0.05, 0) is 18.6 Å². The molecule has 1 aromatic heterocycles. The van der Waals surface area contributed by atoms with E-state index in [0.717, 1.165) is 18.1 Å². The van der Waals surface area contributed by atoms with Gasteiger partial charge in [-0.3, -0.25) is 4.79 Å². The standard InChI is InChI=1S/C16H19N3O5S/c1-25(21,22)19-15-14(10-6-7-23-16(10)15)17-13(20)8-11-9-4-2-3-5-12(9)24-18-11/h2-5,10,14-16,19H,6-8H2,1H3,(H,17,20)/t10-,14+,15-,16-/m0/s1. The van der Waals surface area contributed by atoms with Gasteiger partial charge in [-0.25, -0.2) is 13.1 Å². The molecule has 4 atom stereocenters. The maximum Gasteiger partial charge on any atom is 0.226 e. The lowest BCUT2D eigenvalue weighted by Crippen LogP contribution is -2.70. The van der Waals surface area contributed by atoms with Crippen molar-refractivity contribution in [2.24, 2.45) is 5.92 Å². The molecule has 0 spiro atoms. The van der Waals surface area contributed by atoms with E-state index >= 15 is 0 Å². The third-order valence-electron chi connectivity index (χ3n) is 4.84. The maximum absolute atomic E-state index is 12.4. The summed E-state index contributed by atoms with van der Waals surface area (Å²) in [6, 6.07) is 6.65. The van der Waals surface area contributed by atoms with Gasteiger partial charge in [0.05, 0.1) is 30.9 Å². The van der Waals surface area contributed by atoms with Crippen molar-refractivity contribution in [2.75, 3.05) is 12.9 Å². The van der Waals surface area contributed by atoms with E-state index in [2.05, 4.69) is 15.2 Å². The molecule has 0 unspecified atom stereocenters. The summed E-state index contributed by atoms with van der Waals surface area (Å²) in [5.74, 6) is -0.0769. The quantitative estimate of drug-likeness (QED) is 0.783. The van der Waals surface area contributed by atoms with Crippen molar-refractivity contribution in [3.63, 3.8) is 0 Å². The monoisotopic (exact) mass is 365 g/mol. The number of nitrogens with one attached hydrogen (secondary N) is 2. The molecule has 1 saturated carbocycles. The number of benzene rings is 1. The van der Waals surface area contributed by atoms with Gasteiger partial charge in [0.2, 0.25) is 15.9 Å². The Morgan fingerprint density at radius 3 is 2.92 bits per heavy atom. The first-order valence-electron chi connectivity index (χ1n) is 8.14. The average Bonchev–Trinajstić information content (AvgIpc) is 3.15. The van der Waals surface area contributed by atoms with Crippen LogP contribution in [-0.4, -0.2) is 50.5 Å². The third-order valence-corrected chi connectivity index (χ3v) is 5.54. The van der Waals surface area contributed by atoms with Gasteiger partial charge in [0.25, 0.3) is 0 Å². The lowest BCUT2D eigenvalue weighted by atomic mass is 9.72. The summed E-state index contributed by atoms with van der Waals surface area (Å²) in [4.78, 5) is 12.4. The molecule has 2 aliphatic rings. The highest BCUT2D eigenvalue weighted by atomic mass is 32.2. The van der Waals surface area contributed by atoms with Gasteiger partial charge in [0.1, 0.15) is 5.69 Å². The zero-order valence-electron chi connectivity index (χ0n) is 13.6. The Kier molecular flexibility index (Phi) is 4.01. The molecule has 2 N–H and O–H groups in total. The Morgan fingerprint density at radius 2 is 2.12 bits per heavy atom. The summed E-state index contributed by atoms with van der Waals surface area (Å²) in [6.45, 7) is 0.581. The molecular formula is C16H19N3O5S. The molecule has 4 rings (SSSR count).